The van der Waals surface area contributed by atoms with Crippen molar-refractivity contribution in [3.63, 3.8) is 0 Å². The summed E-state index contributed by atoms with van der Waals surface area (Å²) in [6, 6.07) is 6.03. The third-order valence-electron chi connectivity index (χ3n) is 5.42. The number of aromatic nitrogens is 4. The zero-order valence-corrected chi connectivity index (χ0v) is 16.1. The Hall–Kier alpha value is -2.96. The monoisotopic (exact) mass is 377 g/mol. The van der Waals surface area contributed by atoms with Gasteiger partial charge in [-0.2, -0.15) is 0 Å². The number of ether oxygens (including phenoxy) is 1. The van der Waals surface area contributed by atoms with Gasteiger partial charge in [-0.3, -0.25) is 9.88 Å². The first-order chi connectivity index (χ1) is 13.6. The summed E-state index contributed by atoms with van der Waals surface area (Å²) in [6.45, 7) is 4.78. The highest BCUT2D eigenvalue weighted by atomic mass is 16.6. The standard InChI is InChI=1S/C21H23N5O2/c1-12-10-17-20(22-11-12)25-19(24-17)13(2)15-7-8-18-16(23-15)4-3-9-26(18)21(27)28-14-5-6-14/h7-8,10-11,13-14H,3-6,9H2,1-2H3,(H,22,24,25). The van der Waals surface area contributed by atoms with Crippen LogP contribution in [-0.2, 0) is 11.2 Å². The topological polar surface area (TPSA) is 84.0 Å². The number of nitrogens with zero attached hydrogens (tertiary/aromatic N) is 4. The lowest BCUT2D eigenvalue weighted by Crippen LogP contribution is -2.36. The lowest BCUT2D eigenvalue weighted by Gasteiger charge is -2.28. The van der Waals surface area contributed by atoms with Crippen molar-refractivity contribution in [1.29, 1.82) is 0 Å². The fraction of sp³-hybridized carbons (Fsp3) is 0.429. The van der Waals surface area contributed by atoms with Gasteiger partial charge in [0.2, 0.25) is 0 Å². The number of rotatable bonds is 3. The molecule has 3 aromatic heterocycles. The van der Waals surface area contributed by atoms with Crippen molar-refractivity contribution >= 4 is 22.9 Å². The van der Waals surface area contributed by atoms with Crippen LogP contribution in [0.25, 0.3) is 11.2 Å². The molecular weight excluding hydrogens is 354 g/mol. The molecule has 1 unspecified atom stereocenters. The first-order valence-corrected chi connectivity index (χ1v) is 9.89. The Morgan fingerprint density at radius 1 is 1.32 bits per heavy atom. The summed E-state index contributed by atoms with van der Waals surface area (Å²) >= 11 is 0. The fourth-order valence-corrected chi connectivity index (χ4v) is 3.66. The van der Waals surface area contributed by atoms with E-state index < -0.39 is 0 Å². The Kier molecular flexibility index (Phi) is 4.03. The molecule has 0 spiro atoms. The molecule has 7 heteroatoms. The number of carbonyl (C=O) groups excluding carboxylic acids is 1. The first kappa shape index (κ1) is 17.2. The molecule has 1 fully saturated rings. The largest absolute Gasteiger partial charge is 0.446 e. The molecule has 1 saturated carbocycles. The van der Waals surface area contributed by atoms with Crippen LogP contribution in [0.5, 0.6) is 0 Å². The fourth-order valence-electron chi connectivity index (χ4n) is 3.66. The Labute approximate surface area is 163 Å². The van der Waals surface area contributed by atoms with Crippen molar-refractivity contribution in [1.82, 2.24) is 19.9 Å². The van der Waals surface area contributed by atoms with Gasteiger partial charge in [0, 0.05) is 12.7 Å². The van der Waals surface area contributed by atoms with Gasteiger partial charge in [-0.15, -0.1) is 0 Å². The van der Waals surface area contributed by atoms with E-state index in [1.165, 1.54) is 0 Å². The highest BCUT2D eigenvalue weighted by Gasteiger charge is 2.31. The molecule has 144 valence electrons. The summed E-state index contributed by atoms with van der Waals surface area (Å²) in [5.41, 5.74) is 5.52. The quantitative estimate of drug-likeness (QED) is 0.749. The smallest absolute Gasteiger partial charge is 0.414 e. The molecule has 1 atom stereocenters. The second-order valence-electron chi connectivity index (χ2n) is 7.77. The van der Waals surface area contributed by atoms with Gasteiger partial charge < -0.3 is 9.72 Å². The highest BCUT2D eigenvalue weighted by Crippen LogP contribution is 2.32. The van der Waals surface area contributed by atoms with E-state index >= 15 is 0 Å². The number of nitrogens with one attached hydrogen (secondary N) is 1. The molecule has 7 nitrogen and oxygen atoms in total. The summed E-state index contributed by atoms with van der Waals surface area (Å²) in [5, 5.41) is 0. The molecule has 0 radical (unpaired) electrons. The first-order valence-electron chi connectivity index (χ1n) is 9.89. The summed E-state index contributed by atoms with van der Waals surface area (Å²) in [7, 11) is 0. The molecule has 5 rings (SSSR count). The van der Waals surface area contributed by atoms with Gasteiger partial charge in [-0.05, 0) is 63.3 Å². The van der Waals surface area contributed by atoms with Gasteiger partial charge in [0.25, 0.3) is 0 Å². The van der Waals surface area contributed by atoms with E-state index in [0.29, 0.717) is 6.54 Å². The number of hydrogen-bond donors (Lipinski definition) is 1. The van der Waals surface area contributed by atoms with Crippen molar-refractivity contribution in [2.45, 2.75) is 51.6 Å². The number of pyridine rings is 2. The number of hydrogen-bond acceptors (Lipinski definition) is 5. The molecule has 0 saturated heterocycles. The minimum atomic E-state index is -0.246. The average molecular weight is 377 g/mol. The average Bonchev–Trinajstić information content (AvgIpc) is 3.41. The molecule has 3 aromatic rings. The van der Waals surface area contributed by atoms with E-state index in [9.17, 15) is 4.79 Å². The van der Waals surface area contributed by atoms with Gasteiger partial charge in [0.1, 0.15) is 11.9 Å². The lowest BCUT2D eigenvalue weighted by atomic mass is 10.0. The van der Waals surface area contributed by atoms with E-state index in [4.69, 9.17) is 9.72 Å². The zero-order chi connectivity index (χ0) is 19.3. The van der Waals surface area contributed by atoms with Gasteiger partial charge in [-0.25, -0.2) is 14.8 Å². The van der Waals surface area contributed by atoms with Crippen molar-refractivity contribution in [2.75, 3.05) is 11.4 Å². The van der Waals surface area contributed by atoms with Crippen LogP contribution in [0.4, 0.5) is 10.5 Å². The Balaban J connectivity index is 1.43. The molecule has 0 aromatic carbocycles. The van der Waals surface area contributed by atoms with Crippen LogP contribution in [0.2, 0.25) is 0 Å². The van der Waals surface area contributed by atoms with Crippen LogP contribution >= 0.6 is 0 Å². The predicted octanol–water partition coefficient (Wildman–Crippen LogP) is 3.86. The highest BCUT2D eigenvalue weighted by molar-refractivity contribution is 5.89. The number of aryl methyl sites for hydroxylation is 2. The number of imidazole rings is 1. The molecule has 4 heterocycles. The normalized spacial score (nSPS) is 17.4. The Bertz CT molecular complexity index is 1060. The third-order valence-corrected chi connectivity index (χ3v) is 5.42. The van der Waals surface area contributed by atoms with Crippen LogP contribution in [0, 0.1) is 6.92 Å². The van der Waals surface area contributed by atoms with E-state index in [-0.39, 0.29) is 18.1 Å². The number of anilines is 1. The summed E-state index contributed by atoms with van der Waals surface area (Å²) < 4.78 is 5.49. The number of carbonyl (C=O) groups is 1. The Morgan fingerprint density at radius 2 is 2.18 bits per heavy atom. The number of amides is 1. The molecular formula is C21H23N5O2. The van der Waals surface area contributed by atoms with Gasteiger partial charge in [-0.1, -0.05) is 0 Å². The van der Waals surface area contributed by atoms with E-state index in [1.807, 2.05) is 25.3 Å². The molecule has 1 amide bonds. The molecule has 2 aliphatic rings. The van der Waals surface area contributed by atoms with Gasteiger partial charge in [0.15, 0.2) is 5.65 Å². The SMILES string of the molecule is Cc1cnc2nc(C(C)c3ccc4c(n3)CCCN4C(=O)OC3CC3)[nH]c2c1. The van der Waals surface area contributed by atoms with Crippen molar-refractivity contribution in [2.24, 2.45) is 0 Å². The number of aromatic amines is 1. The van der Waals surface area contributed by atoms with E-state index in [2.05, 4.69) is 27.9 Å². The maximum atomic E-state index is 12.4. The minimum Gasteiger partial charge on any atom is -0.446 e. The van der Waals surface area contributed by atoms with Crippen molar-refractivity contribution in [3.05, 3.63) is 47.2 Å². The third kappa shape index (κ3) is 3.10. The molecule has 1 aliphatic carbocycles. The van der Waals surface area contributed by atoms with Crippen LogP contribution in [0.1, 0.15) is 54.9 Å². The Morgan fingerprint density at radius 3 is 3.00 bits per heavy atom. The summed E-state index contributed by atoms with van der Waals surface area (Å²) in [4.78, 5) is 31.4. The van der Waals surface area contributed by atoms with Gasteiger partial charge >= 0.3 is 6.09 Å². The van der Waals surface area contributed by atoms with Gasteiger partial charge in [0.05, 0.1) is 28.5 Å². The maximum Gasteiger partial charge on any atom is 0.414 e. The second-order valence-corrected chi connectivity index (χ2v) is 7.77. The molecule has 28 heavy (non-hydrogen) atoms. The molecule has 0 bridgehead atoms. The second kappa shape index (κ2) is 6.58. The lowest BCUT2D eigenvalue weighted by molar-refractivity contribution is 0.146. The molecule has 1 aliphatic heterocycles. The van der Waals surface area contributed by atoms with E-state index in [0.717, 1.165) is 65.3 Å². The maximum absolute atomic E-state index is 12.4. The van der Waals surface area contributed by atoms with Crippen LogP contribution < -0.4 is 4.90 Å². The minimum absolute atomic E-state index is 0.00796. The van der Waals surface area contributed by atoms with E-state index in [1.54, 1.807) is 4.90 Å². The van der Waals surface area contributed by atoms with Crippen LogP contribution in [0.3, 0.4) is 0 Å². The van der Waals surface area contributed by atoms with Crippen LogP contribution in [0.15, 0.2) is 24.4 Å². The van der Waals surface area contributed by atoms with Crippen LogP contribution in [-0.4, -0.2) is 38.7 Å². The zero-order valence-electron chi connectivity index (χ0n) is 16.1. The number of fused-ring (bicyclic) bond motifs is 2. The summed E-state index contributed by atoms with van der Waals surface area (Å²) in [5.74, 6) is 0.856. The summed E-state index contributed by atoms with van der Waals surface area (Å²) in [6.07, 6.45) is 5.40. The van der Waals surface area contributed by atoms with Crippen molar-refractivity contribution in [3.8, 4) is 0 Å². The predicted molar refractivity (Wildman–Crippen MR) is 106 cm³/mol. The number of H-pyrrole nitrogens is 1. The molecule has 1 N–H and O–H groups in total. The van der Waals surface area contributed by atoms with Crippen molar-refractivity contribution < 1.29 is 9.53 Å².